The van der Waals surface area contributed by atoms with Crippen molar-refractivity contribution in [3.05, 3.63) is 52.7 Å². The first-order valence-electron chi connectivity index (χ1n) is 9.34. The number of nitrogens with zero attached hydrogens (tertiary/aromatic N) is 2. The van der Waals surface area contributed by atoms with Gasteiger partial charge in [-0.2, -0.15) is 0 Å². The molecule has 0 aliphatic heterocycles. The van der Waals surface area contributed by atoms with Crippen molar-refractivity contribution < 1.29 is 13.7 Å². The predicted molar refractivity (Wildman–Crippen MR) is 96.1 cm³/mol. The van der Waals surface area contributed by atoms with Crippen LogP contribution >= 0.6 is 0 Å². The number of hydrogen-bond donors (Lipinski definition) is 0. The second-order valence-corrected chi connectivity index (χ2v) is 8.35. The van der Waals surface area contributed by atoms with E-state index < -0.39 is 5.41 Å². The normalized spacial score (nSPS) is 23.4. The average Bonchev–Trinajstić information content (AvgIpc) is 2.99. The van der Waals surface area contributed by atoms with E-state index in [9.17, 15) is 9.18 Å². The molecular weight excluding hydrogens is 331 g/mol. The third kappa shape index (κ3) is 2.48. The fraction of sp³-hybridized carbons (Fsp3) is 0.524. The van der Waals surface area contributed by atoms with E-state index >= 15 is 0 Å². The molecule has 0 spiro atoms. The molecule has 138 valence electrons. The quantitative estimate of drug-likeness (QED) is 0.831. The number of likely N-dealkylation sites (N-methyl/N-ethyl adjacent to an activating group) is 1. The van der Waals surface area contributed by atoms with Gasteiger partial charge in [0, 0.05) is 24.6 Å². The number of aromatic nitrogens is 1. The van der Waals surface area contributed by atoms with Crippen LogP contribution in [0.4, 0.5) is 4.39 Å². The van der Waals surface area contributed by atoms with Crippen molar-refractivity contribution in [3.8, 4) is 0 Å². The van der Waals surface area contributed by atoms with E-state index in [0.29, 0.717) is 18.5 Å². The van der Waals surface area contributed by atoms with Gasteiger partial charge in [-0.25, -0.2) is 4.39 Å². The number of rotatable bonds is 4. The smallest absolute Gasteiger partial charge is 0.234 e. The maximum Gasteiger partial charge on any atom is 0.234 e. The first-order chi connectivity index (χ1) is 12.4. The van der Waals surface area contributed by atoms with Gasteiger partial charge in [-0.05, 0) is 37.2 Å². The maximum atomic E-state index is 14.5. The van der Waals surface area contributed by atoms with Gasteiger partial charge in [-0.15, -0.1) is 0 Å². The standard InChI is InChI=1S/C21H25FN2O2/c1-20(2)13-21(20,15-9-5-6-10-16(15)22)19(25)24(3)12-17-14-8-4-7-11-18(14)26-23-17/h5-6,9-10H,4,7-8,11-13H2,1-3H3/t21-/m0/s1. The fourth-order valence-electron chi connectivity index (χ4n) is 4.56. The molecule has 0 bridgehead atoms. The van der Waals surface area contributed by atoms with Gasteiger partial charge in [-0.3, -0.25) is 4.79 Å². The summed E-state index contributed by atoms with van der Waals surface area (Å²) in [5.74, 6) is 0.612. The van der Waals surface area contributed by atoms with Gasteiger partial charge >= 0.3 is 0 Å². The van der Waals surface area contributed by atoms with Gasteiger partial charge in [0.15, 0.2) is 0 Å². The summed E-state index contributed by atoms with van der Waals surface area (Å²) in [5.41, 5.74) is 1.45. The number of benzene rings is 1. The van der Waals surface area contributed by atoms with Crippen molar-refractivity contribution in [1.29, 1.82) is 0 Å². The minimum absolute atomic E-state index is 0.0415. The Hall–Kier alpha value is -2.17. The Labute approximate surface area is 153 Å². The summed E-state index contributed by atoms with van der Waals surface area (Å²) in [6.45, 7) is 4.47. The largest absolute Gasteiger partial charge is 0.361 e. The summed E-state index contributed by atoms with van der Waals surface area (Å²) >= 11 is 0. The van der Waals surface area contributed by atoms with Crippen LogP contribution in [0.5, 0.6) is 0 Å². The minimum atomic E-state index is -0.795. The highest BCUT2D eigenvalue weighted by molar-refractivity contribution is 5.93. The lowest BCUT2D eigenvalue weighted by atomic mass is 9.86. The SMILES string of the molecule is CN(Cc1noc2c1CCCC2)C(=O)[C@@]1(c2ccccc2F)CC1(C)C. The molecule has 1 heterocycles. The Morgan fingerprint density at radius 1 is 1.27 bits per heavy atom. The molecule has 1 aromatic heterocycles. The number of carbonyl (C=O) groups excluding carboxylic acids is 1. The van der Waals surface area contributed by atoms with Crippen molar-refractivity contribution in [3.63, 3.8) is 0 Å². The van der Waals surface area contributed by atoms with E-state index in [-0.39, 0.29) is 17.1 Å². The monoisotopic (exact) mass is 356 g/mol. The molecule has 1 atom stereocenters. The molecule has 4 nitrogen and oxygen atoms in total. The van der Waals surface area contributed by atoms with Crippen molar-refractivity contribution in [2.75, 3.05) is 7.05 Å². The second-order valence-electron chi connectivity index (χ2n) is 8.35. The van der Waals surface area contributed by atoms with E-state index in [0.717, 1.165) is 42.7 Å². The molecule has 4 rings (SSSR count). The van der Waals surface area contributed by atoms with Crippen LogP contribution < -0.4 is 0 Å². The van der Waals surface area contributed by atoms with Crippen LogP contribution in [0.1, 0.15) is 55.7 Å². The maximum absolute atomic E-state index is 14.5. The number of aryl methyl sites for hydroxylation is 1. The fourth-order valence-corrected chi connectivity index (χ4v) is 4.56. The molecule has 2 aliphatic rings. The first kappa shape index (κ1) is 17.3. The Bertz CT molecular complexity index is 857. The zero-order valence-corrected chi connectivity index (χ0v) is 15.6. The van der Waals surface area contributed by atoms with E-state index in [4.69, 9.17) is 4.52 Å². The number of halogens is 1. The summed E-state index contributed by atoms with van der Waals surface area (Å²) in [5, 5.41) is 4.21. The van der Waals surface area contributed by atoms with Crippen LogP contribution in [0.2, 0.25) is 0 Å². The Morgan fingerprint density at radius 3 is 2.65 bits per heavy atom. The number of amides is 1. The van der Waals surface area contributed by atoms with Gasteiger partial charge in [0.25, 0.3) is 0 Å². The van der Waals surface area contributed by atoms with Gasteiger partial charge in [0.05, 0.1) is 12.0 Å². The molecule has 1 aromatic carbocycles. The molecule has 26 heavy (non-hydrogen) atoms. The molecule has 2 aromatic rings. The lowest BCUT2D eigenvalue weighted by Gasteiger charge is -2.27. The van der Waals surface area contributed by atoms with Gasteiger partial charge in [0.1, 0.15) is 17.3 Å². The molecule has 0 unspecified atom stereocenters. The molecule has 0 radical (unpaired) electrons. The zero-order valence-electron chi connectivity index (χ0n) is 15.6. The van der Waals surface area contributed by atoms with Crippen molar-refractivity contribution >= 4 is 5.91 Å². The Morgan fingerprint density at radius 2 is 1.96 bits per heavy atom. The van der Waals surface area contributed by atoms with E-state index in [2.05, 4.69) is 5.16 Å². The molecule has 1 amide bonds. The van der Waals surface area contributed by atoms with Crippen LogP contribution in [0.15, 0.2) is 28.8 Å². The average molecular weight is 356 g/mol. The number of hydrogen-bond acceptors (Lipinski definition) is 3. The summed E-state index contributed by atoms with van der Waals surface area (Å²) in [6.07, 6.45) is 4.79. The molecule has 0 saturated heterocycles. The Balaban J connectivity index is 1.62. The third-order valence-corrected chi connectivity index (χ3v) is 6.20. The molecule has 5 heteroatoms. The van der Waals surface area contributed by atoms with Crippen LogP contribution in [-0.2, 0) is 29.6 Å². The number of fused-ring (bicyclic) bond motifs is 1. The van der Waals surface area contributed by atoms with Crippen LogP contribution in [0, 0.1) is 11.2 Å². The molecule has 1 saturated carbocycles. The highest BCUT2D eigenvalue weighted by atomic mass is 19.1. The summed E-state index contributed by atoms with van der Waals surface area (Å²) in [6, 6.07) is 6.65. The van der Waals surface area contributed by atoms with Crippen molar-refractivity contribution in [1.82, 2.24) is 10.1 Å². The van der Waals surface area contributed by atoms with Gasteiger partial charge in [0.2, 0.25) is 5.91 Å². The zero-order chi connectivity index (χ0) is 18.5. The van der Waals surface area contributed by atoms with E-state index in [1.807, 2.05) is 13.8 Å². The summed E-state index contributed by atoms with van der Waals surface area (Å²) < 4.78 is 20.0. The lowest BCUT2D eigenvalue weighted by Crippen LogP contribution is -2.39. The van der Waals surface area contributed by atoms with Crippen LogP contribution in [-0.4, -0.2) is 23.0 Å². The first-order valence-corrected chi connectivity index (χ1v) is 9.34. The van der Waals surface area contributed by atoms with Crippen LogP contribution in [0.3, 0.4) is 0 Å². The van der Waals surface area contributed by atoms with E-state index in [1.165, 1.54) is 6.07 Å². The molecule has 2 aliphatic carbocycles. The molecule has 0 N–H and O–H groups in total. The van der Waals surface area contributed by atoms with Gasteiger partial charge < -0.3 is 9.42 Å². The second kappa shape index (κ2) is 5.93. The summed E-state index contributed by atoms with van der Waals surface area (Å²) in [4.78, 5) is 15.1. The molecular formula is C21H25FN2O2. The third-order valence-electron chi connectivity index (χ3n) is 6.20. The minimum Gasteiger partial charge on any atom is -0.361 e. The molecule has 1 fully saturated rings. The van der Waals surface area contributed by atoms with Gasteiger partial charge in [-0.1, -0.05) is 37.2 Å². The van der Waals surface area contributed by atoms with E-state index in [1.54, 1.807) is 30.1 Å². The highest BCUT2D eigenvalue weighted by Crippen LogP contribution is 2.65. The topological polar surface area (TPSA) is 46.3 Å². The van der Waals surface area contributed by atoms with Crippen LogP contribution in [0.25, 0.3) is 0 Å². The predicted octanol–water partition coefficient (Wildman–Crippen LogP) is 4.02. The lowest BCUT2D eigenvalue weighted by molar-refractivity contribution is -0.134. The van der Waals surface area contributed by atoms with Crippen molar-refractivity contribution in [2.24, 2.45) is 5.41 Å². The van der Waals surface area contributed by atoms with Crippen molar-refractivity contribution in [2.45, 2.75) is 57.9 Å². The Kier molecular flexibility index (Phi) is 3.94. The number of carbonyl (C=O) groups is 1. The highest BCUT2D eigenvalue weighted by Gasteiger charge is 2.68. The summed E-state index contributed by atoms with van der Waals surface area (Å²) in [7, 11) is 1.78.